The number of piperidine rings is 1. The lowest BCUT2D eigenvalue weighted by Gasteiger charge is -2.31. The molecule has 1 unspecified atom stereocenters. The molecule has 0 bridgehead atoms. The third kappa shape index (κ3) is 3.33. The Kier molecular flexibility index (Phi) is 5.21. The molecule has 1 saturated heterocycles. The minimum Gasteiger partial charge on any atom is -0.396 e. The van der Waals surface area contributed by atoms with Gasteiger partial charge in [-0.3, -0.25) is 0 Å². The summed E-state index contributed by atoms with van der Waals surface area (Å²) in [4.78, 5) is 0. The summed E-state index contributed by atoms with van der Waals surface area (Å²) in [6.45, 7) is 4.73. The molecule has 100 valence electrons. The number of rotatable bonds is 5. The highest BCUT2D eigenvalue weighted by Gasteiger charge is 2.24. The molecule has 1 atom stereocenters. The lowest BCUT2D eigenvalue weighted by atomic mass is 9.78. The fourth-order valence-electron chi connectivity index (χ4n) is 3.06. The van der Waals surface area contributed by atoms with Crippen LogP contribution in [-0.4, -0.2) is 24.8 Å². The van der Waals surface area contributed by atoms with Crippen LogP contribution in [-0.2, 0) is 6.42 Å². The van der Waals surface area contributed by atoms with Gasteiger partial charge in [-0.1, -0.05) is 31.2 Å². The Morgan fingerprint density at radius 1 is 1.22 bits per heavy atom. The Morgan fingerprint density at radius 2 is 1.89 bits per heavy atom. The second-order valence-corrected chi connectivity index (χ2v) is 5.30. The normalized spacial score (nSPS) is 18.8. The van der Waals surface area contributed by atoms with Gasteiger partial charge in [0.05, 0.1) is 0 Å². The van der Waals surface area contributed by atoms with E-state index in [4.69, 9.17) is 0 Å². The van der Waals surface area contributed by atoms with Crippen molar-refractivity contribution in [2.75, 3.05) is 19.7 Å². The predicted molar refractivity (Wildman–Crippen MR) is 75.9 cm³/mol. The third-order valence-electron chi connectivity index (χ3n) is 4.21. The van der Waals surface area contributed by atoms with Gasteiger partial charge < -0.3 is 10.4 Å². The van der Waals surface area contributed by atoms with Gasteiger partial charge in [-0.25, -0.2) is 0 Å². The Labute approximate surface area is 110 Å². The maximum atomic E-state index is 9.31. The van der Waals surface area contributed by atoms with Crippen LogP contribution in [0.4, 0.5) is 0 Å². The number of hydrogen-bond acceptors (Lipinski definition) is 2. The zero-order valence-corrected chi connectivity index (χ0v) is 11.4. The van der Waals surface area contributed by atoms with Crippen LogP contribution >= 0.6 is 0 Å². The smallest absolute Gasteiger partial charge is 0.0436 e. The summed E-state index contributed by atoms with van der Waals surface area (Å²) in [5.41, 5.74) is 2.81. The largest absolute Gasteiger partial charge is 0.396 e. The second-order valence-electron chi connectivity index (χ2n) is 5.30. The summed E-state index contributed by atoms with van der Waals surface area (Å²) in [5.74, 6) is 1.26. The summed E-state index contributed by atoms with van der Waals surface area (Å²) in [7, 11) is 0. The van der Waals surface area contributed by atoms with Gasteiger partial charge in [0, 0.05) is 6.61 Å². The van der Waals surface area contributed by atoms with E-state index in [0.717, 1.165) is 31.8 Å². The highest BCUT2D eigenvalue weighted by molar-refractivity contribution is 5.26. The van der Waals surface area contributed by atoms with Gasteiger partial charge in [-0.15, -0.1) is 0 Å². The van der Waals surface area contributed by atoms with Crippen LogP contribution in [0.3, 0.4) is 0 Å². The average Bonchev–Trinajstić information content (AvgIpc) is 2.46. The molecule has 2 N–H and O–H groups in total. The van der Waals surface area contributed by atoms with E-state index in [9.17, 15) is 5.11 Å². The fourth-order valence-corrected chi connectivity index (χ4v) is 3.06. The van der Waals surface area contributed by atoms with E-state index in [1.54, 1.807) is 0 Å². The summed E-state index contributed by atoms with van der Waals surface area (Å²) >= 11 is 0. The van der Waals surface area contributed by atoms with Gasteiger partial charge in [-0.05, 0) is 61.7 Å². The van der Waals surface area contributed by atoms with Crippen molar-refractivity contribution >= 4 is 0 Å². The minimum absolute atomic E-state index is 0.296. The van der Waals surface area contributed by atoms with Crippen molar-refractivity contribution in [2.45, 2.75) is 38.5 Å². The standard InChI is InChI=1S/C16H25NO/c1-2-13-3-5-14(6-4-13)16(9-12-18)15-7-10-17-11-8-15/h3-6,15-18H,2,7-12H2,1H3. The first-order valence-electron chi connectivity index (χ1n) is 7.25. The molecule has 1 aromatic carbocycles. The minimum atomic E-state index is 0.296. The summed E-state index contributed by atoms with van der Waals surface area (Å²) in [6.07, 6.45) is 4.47. The third-order valence-corrected chi connectivity index (χ3v) is 4.21. The fraction of sp³-hybridized carbons (Fsp3) is 0.625. The molecular weight excluding hydrogens is 222 g/mol. The van der Waals surface area contributed by atoms with Gasteiger partial charge in [0.15, 0.2) is 0 Å². The molecule has 1 aliphatic rings. The molecular formula is C16H25NO. The van der Waals surface area contributed by atoms with E-state index < -0.39 is 0 Å². The number of aliphatic hydroxyl groups excluding tert-OH is 1. The van der Waals surface area contributed by atoms with E-state index in [1.165, 1.54) is 24.0 Å². The van der Waals surface area contributed by atoms with E-state index in [0.29, 0.717) is 12.5 Å². The van der Waals surface area contributed by atoms with Crippen LogP contribution in [0.15, 0.2) is 24.3 Å². The molecule has 0 aromatic heterocycles. The molecule has 0 aliphatic carbocycles. The van der Waals surface area contributed by atoms with Crippen LogP contribution in [0.25, 0.3) is 0 Å². The summed E-state index contributed by atoms with van der Waals surface area (Å²) in [5, 5.41) is 12.7. The first-order valence-corrected chi connectivity index (χ1v) is 7.25. The SMILES string of the molecule is CCc1ccc(C(CCO)C2CCNCC2)cc1. The van der Waals surface area contributed by atoms with Crippen molar-refractivity contribution in [1.82, 2.24) is 5.32 Å². The summed E-state index contributed by atoms with van der Waals surface area (Å²) in [6, 6.07) is 9.00. The van der Waals surface area contributed by atoms with Crippen LogP contribution in [0.5, 0.6) is 0 Å². The lowest BCUT2D eigenvalue weighted by Crippen LogP contribution is -2.31. The Bertz CT molecular complexity index is 341. The molecule has 0 amide bonds. The number of nitrogens with one attached hydrogen (secondary N) is 1. The molecule has 0 saturated carbocycles. The van der Waals surface area contributed by atoms with Crippen molar-refractivity contribution in [3.05, 3.63) is 35.4 Å². The Balaban J connectivity index is 2.11. The zero-order valence-electron chi connectivity index (χ0n) is 11.4. The van der Waals surface area contributed by atoms with Crippen LogP contribution < -0.4 is 5.32 Å². The molecule has 1 heterocycles. The predicted octanol–water partition coefficient (Wildman–Crippen LogP) is 2.71. The second kappa shape index (κ2) is 6.91. The van der Waals surface area contributed by atoms with E-state index in [1.807, 2.05) is 0 Å². The van der Waals surface area contributed by atoms with Crippen molar-refractivity contribution in [1.29, 1.82) is 0 Å². The molecule has 1 fully saturated rings. The van der Waals surface area contributed by atoms with Crippen molar-refractivity contribution < 1.29 is 5.11 Å². The van der Waals surface area contributed by atoms with E-state index >= 15 is 0 Å². The topological polar surface area (TPSA) is 32.3 Å². The van der Waals surface area contributed by atoms with Gasteiger partial charge >= 0.3 is 0 Å². The van der Waals surface area contributed by atoms with E-state index in [-0.39, 0.29) is 0 Å². The number of hydrogen-bond donors (Lipinski definition) is 2. The molecule has 2 heteroatoms. The van der Waals surface area contributed by atoms with Gasteiger partial charge in [-0.2, -0.15) is 0 Å². The molecule has 0 radical (unpaired) electrons. The zero-order chi connectivity index (χ0) is 12.8. The van der Waals surface area contributed by atoms with Crippen molar-refractivity contribution in [3.63, 3.8) is 0 Å². The molecule has 2 nitrogen and oxygen atoms in total. The van der Waals surface area contributed by atoms with Gasteiger partial charge in [0.2, 0.25) is 0 Å². The first kappa shape index (κ1) is 13.6. The van der Waals surface area contributed by atoms with Crippen molar-refractivity contribution in [2.24, 2.45) is 5.92 Å². The Hall–Kier alpha value is -0.860. The van der Waals surface area contributed by atoms with Gasteiger partial charge in [0.1, 0.15) is 0 Å². The molecule has 1 aromatic rings. The molecule has 18 heavy (non-hydrogen) atoms. The monoisotopic (exact) mass is 247 g/mol. The molecule has 0 spiro atoms. The van der Waals surface area contributed by atoms with Crippen LogP contribution in [0.2, 0.25) is 0 Å². The lowest BCUT2D eigenvalue weighted by molar-refractivity contribution is 0.233. The number of aliphatic hydroxyl groups is 1. The van der Waals surface area contributed by atoms with E-state index in [2.05, 4.69) is 36.5 Å². The first-order chi connectivity index (χ1) is 8.85. The highest BCUT2D eigenvalue weighted by Crippen LogP contribution is 2.33. The number of aryl methyl sites for hydroxylation is 1. The van der Waals surface area contributed by atoms with Crippen LogP contribution in [0, 0.1) is 5.92 Å². The molecule has 1 aliphatic heterocycles. The summed E-state index contributed by atoms with van der Waals surface area (Å²) < 4.78 is 0. The Morgan fingerprint density at radius 3 is 2.44 bits per heavy atom. The molecule has 2 rings (SSSR count). The maximum Gasteiger partial charge on any atom is 0.0436 e. The quantitative estimate of drug-likeness (QED) is 0.838. The number of benzene rings is 1. The van der Waals surface area contributed by atoms with Gasteiger partial charge in [0.25, 0.3) is 0 Å². The maximum absolute atomic E-state index is 9.31. The van der Waals surface area contributed by atoms with Crippen molar-refractivity contribution in [3.8, 4) is 0 Å². The van der Waals surface area contributed by atoms with Crippen LogP contribution in [0.1, 0.15) is 43.2 Å². The highest BCUT2D eigenvalue weighted by atomic mass is 16.3. The average molecular weight is 247 g/mol.